The van der Waals surface area contributed by atoms with Crippen molar-refractivity contribution in [3.05, 3.63) is 32.8 Å². The average Bonchev–Trinajstić information content (AvgIpc) is 2.17. The maximum absolute atomic E-state index is 10.6. The summed E-state index contributed by atoms with van der Waals surface area (Å²) in [6, 6.07) is 4.80. The minimum absolute atomic E-state index is 0.112. The molecule has 0 aliphatic heterocycles. The van der Waals surface area contributed by atoms with Gasteiger partial charge in [0.25, 0.3) is 5.69 Å². The first kappa shape index (κ1) is 11.4. The molecule has 0 saturated heterocycles. The molecule has 0 heterocycles. The third-order valence-electron chi connectivity index (χ3n) is 2.97. The zero-order chi connectivity index (χ0) is 11.5. The molecule has 5 heteroatoms. The minimum atomic E-state index is -0.388. The number of benzene rings is 1. The number of nitro groups is 1. The molecule has 0 aromatic heterocycles. The largest absolute Gasteiger partial charge is 0.384 e. The van der Waals surface area contributed by atoms with Gasteiger partial charge in [-0.2, -0.15) is 0 Å². The Morgan fingerprint density at radius 1 is 1.50 bits per heavy atom. The van der Waals surface area contributed by atoms with E-state index in [1.807, 2.05) is 0 Å². The van der Waals surface area contributed by atoms with Gasteiger partial charge in [0.05, 0.1) is 4.92 Å². The Balaban J connectivity index is 2.00. The highest BCUT2D eigenvalue weighted by Crippen LogP contribution is 2.30. The zero-order valence-electron chi connectivity index (χ0n) is 8.78. The van der Waals surface area contributed by atoms with Crippen molar-refractivity contribution in [2.24, 2.45) is 5.92 Å². The lowest BCUT2D eigenvalue weighted by Crippen LogP contribution is -2.20. The summed E-state index contributed by atoms with van der Waals surface area (Å²) < 4.78 is 0.751. The molecule has 0 radical (unpaired) electrons. The van der Waals surface area contributed by atoms with Gasteiger partial charge in [0, 0.05) is 28.8 Å². The van der Waals surface area contributed by atoms with E-state index < -0.39 is 0 Å². The predicted octanol–water partition coefficient (Wildman–Crippen LogP) is 3.57. The van der Waals surface area contributed by atoms with Crippen LogP contribution in [0.15, 0.2) is 22.7 Å². The van der Waals surface area contributed by atoms with Gasteiger partial charge in [0.1, 0.15) is 0 Å². The number of nitro benzene ring substituents is 1. The van der Waals surface area contributed by atoms with Crippen molar-refractivity contribution in [2.45, 2.75) is 19.3 Å². The molecule has 0 amide bonds. The Hall–Kier alpha value is -1.10. The number of rotatable bonds is 4. The fraction of sp³-hybridized carbons (Fsp3) is 0.455. The predicted molar refractivity (Wildman–Crippen MR) is 66.6 cm³/mol. The SMILES string of the molecule is O=[N+]([O-])c1ccc(NCC2CCC2)c(Br)c1. The Bertz CT molecular complexity index is 405. The van der Waals surface area contributed by atoms with Gasteiger partial charge in [0.2, 0.25) is 0 Å². The lowest BCUT2D eigenvalue weighted by molar-refractivity contribution is -0.384. The Morgan fingerprint density at radius 2 is 2.25 bits per heavy atom. The van der Waals surface area contributed by atoms with Crippen LogP contribution in [0.25, 0.3) is 0 Å². The molecular formula is C11H13BrN2O2. The quantitative estimate of drug-likeness (QED) is 0.679. The first-order valence-electron chi connectivity index (χ1n) is 5.34. The molecule has 16 heavy (non-hydrogen) atoms. The van der Waals surface area contributed by atoms with Gasteiger partial charge in [-0.05, 0) is 40.8 Å². The van der Waals surface area contributed by atoms with Crippen LogP contribution in [0, 0.1) is 16.0 Å². The Labute approximate surface area is 102 Å². The van der Waals surface area contributed by atoms with E-state index in [4.69, 9.17) is 0 Å². The van der Waals surface area contributed by atoms with Crippen LogP contribution in [0.3, 0.4) is 0 Å². The molecule has 1 N–H and O–H groups in total. The second-order valence-corrected chi connectivity index (χ2v) is 4.95. The van der Waals surface area contributed by atoms with E-state index >= 15 is 0 Å². The third kappa shape index (κ3) is 2.52. The van der Waals surface area contributed by atoms with E-state index in [0.717, 1.165) is 22.6 Å². The van der Waals surface area contributed by atoms with Crippen molar-refractivity contribution in [3.63, 3.8) is 0 Å². The van der Waals surface area contributed by atoms with Crippen LogP contribution in [0.5, 0.6) is 0 Å². The van der Waals surface area contributed by atoms with Crippen molar-refractivity contribution in [3.8, 4) is 0 Å². The van der Waals surface area contributed by atoms with E-state index in [1.54, 1.807) is 6.07 Å². The highest BCUT2D eigenvalue weighted by molar-refractivity contribution is 9.10. The van der Waals surface area contributed by atoms with E-state index in [2.05, 4.69) is 21.2 Å². The van der Waals surface area contributed by atoms with Crippen LogP contribution in [0.4, 0.5) is 11.4 Å². The van der Waals surface area contributed by atoms with Crippen LogP contribution in [0.1, 0.15) is 19.3 Å². The van der Waals surface area contributed by atoms with Crippen LogP contribution < -0.4 is 5.32 Å². The monoisotopic (exact) mass is 284 g/mol. The molecule has 1 aliphatic carbocycles. The van der Waals surface area contributed by atoms with Crippen molar-refractivity contribution in [1.29, 1.82) is 0 Å². The molecule has 0 atom stereocenters. The molecular weight excluding hydrogens is 272 g/mol. The molecule has 1 aliphatic rings. The van der Waals surface area contributed by atoms with E-state index in [1.165, 1.54) is 31.4 Å². The number of hydrogen-bond acceptors (Lipinski definition) is 3. The molecule has 0 spiro atoms. The van der Waals surface area contributed by atoms with Crippen LogP contribution in [-0.2, 0) is 0 Å². The second kappa shape index (κ2) is 4.82. The molecule has 1 fully saturated rings. The first-order chi connectivity index (χ1) is 7.66. The molecule has 2 rings (SSSR count). The summed E-state index contributed by atoms with van der Waals surface area (Å²) in [6.45, 7) is 0.955. The van der Waals surface area contributed by atoms with Gasteiger partial charge in [-0.25, -0.2) is 0 Å². The van der Waals surface area contributed by atoms with E-state index in [9.17, 15) is 10.1 Å². The van der Waals surface area contributed by atoms with Gasteiger partial charge in [0.15, 0.2) is 0 Å². The molecule has 4 nitrogen and oxygen atoms in total. The van der Waals surface area contributed by atoms with E-state index in [0.29, 0.717) is 0 Å². The number of non-ortho nitro benzene ring substituents is 1. The summed E-state index contributed by atoms with van der Waals surface area (Å²) in [6.07, 6.45) is 3.91. The Kier molecular flexibility index (Phi) is 3.43. The normalized spacial score (nSPS) is 15.6. The number of hydrogen-bond donors (Lipinski definition) is 1. The smallest absolute Gasteiger partial charge is 0.270 e. The number of nitrogens with one attached hydrogen (secondary N) is 1. The van der Waals surface area contributed by atoms with Gasteiger partial charge < -0.3 is 5.32 Å². The van der Waals surface area contributed by atoms with Crippen molar-refractivity contribution < 1.29 is 4.92 Å². The van der Waals surface area contributed by atoms with Gasteiger partial charge in [-0.3, -0.25) is 10.1 Å². The van der Waals surface area contributed by atoms with Crippen molar-refractivity contribution in [2.75, 3.05) is 11.9 Å². The Morgan fingerprint density at radius 3 is 2.75 bits per heavy atom. The van der Waals surface area contributed by atoms with Crippen LogP contribution in [-0.4, -0.2) is 11.5 Å². The lowest BCUT2D eigenvalue weighted by Gasteiger charge is -2.26. The molecule has 1 aromatic carbocycles. The fourth-order valence-corrected chi connectivity index (χ4v) is 2.22. The lowest BCUT2D eigenvalue weighted by atomic mass is 9.85. The minimum Gasteiger partial charge on any atom is -0.384 e. The average molecular weight is 285 g/mol. The highest BCUT2D eigenvalue weighted by atomic mass is 79.9. The van der Waals surface area contributed by atoms with Crippen molar-refractivity contribution >= 4 is 27.3 Å². The number of anilines is 1. The summed E-state index contributed by atoms with van der Waals surface area (Å²) >= 11 is 3.34. The molecule has 86 valence electrons. The number of nitrogens with zero attached hydrogens (tertiary/aromatic N) is 1. The standard InChI is InChI=1S/C11H13BrN2O2/c12-10-6-9(14(15)16)4-5-11(10)13-7-8-2-1-3-8/h4-6,8,13H,1-3,7H2. The maximum Gasteiger partial charge on any atom is 0.270 e. The summed E-state index contributed by atoms with van der Waals surface area (Å²) in [7, 11) is 0. The maximum atomic E-state index is 10.6. The van der Waals surface area contributed by atoms with Crippen LogP contribution >= 0.6 is 15.9 Å². The first-order valence-corrected chi connectivity index (χ1v) is 6.14. The van der Waals surface area contributed by atoms with E-state index in [-0.39, 0.29) is 10.6 Å². The molecule has 1 aromatic rings. The number of halogens is 1. The van der Waals surface area contributed by atoms with Crippen LogP contribution in [0.2, 0.25) is 0 Å². The second-order valence-electron chi connectivity index (χ2n) is 4.10. The molecule has 0 bridgehead atoms. The van der Waals surface area contributed by atoms with Gasteiger partial charge in [-0.1, -0.05) is 6.42 Å². The summed E-state index contributed by atoms with van der Waals surface area (Å²) in [5.41, 5.74) is 1.04. The fourth-order valence-electron chi connectivity index (χ4n) is 1.71. The summed E-state index contributed by atoms with van der Waals surface area (Å²) in [5.74, 6) is 0.766. The molecule has 1 saturated carbocycles. The zero-order valence-corrected chi connectivity index (χ0v) is 10.4. The van der Waals surface area contributed by atoms with Gasteiger partial charge >= 0.3 is 0 Å². The topological polar surface area (TPSA) is 55.2 Å². The summed E-state index contributed by atoms with van der Waals surface area (Å²) in [5, 5.41) is 13.9. The van der Waals surface area contributed by atoms with Crippen molar-refractivity contribution in [1.82, 2.24) is 0 Å². The summed E-state index contributed by atoms with van der Waals surface area (Å²) in [4.78, 5) is 10.2. The van der Waals surface area contributed by atoms with Gasteiger partial charge in [-0.15, -0.1) is 0 Å². The molecule has 0 unspecified atom stereocenters. The highest BCUT2D eigenvalue weighted by Gasteiger charge is 2.17. The third-order valence-corrected chi connectivity index (χ3v) is 3.63.